The van der Waals surface area contributed by atoms with Gasteiger partial charge in [0.2, 0.25) is 0 Å². The molecule has 0 aliphatic carbocycles. The minimum atomic E-state index is 0. The first-order valence-corrected chi connectivity index (χ1v) is 10.5. The molecule has 0 radical (unpaired) electrons. The number of benzene rings is 3. The van der Waals surface area contributed by atoms with Crippen molar-refractivity contribution in [2.45, 2.75) is 26.4 Å². The Bertz CT molecular complexity index is 1230. The molecular weight excluding hydrogens is 486 g/mol. The van der Waals surface area contributed by atoms with Gasteiger partial charge in [-0.3, -0.25) is 4.99 Å². The molecule has 0 unspecified atom stereocenters. The Balaban J connectivity index is 0.00000181. The molecule has 0 amide bonds. The average molecular weight is 510 g/mol. The molecule has 0 atom stereocenters. The first kappa shape index (κ1) is 26.0. The van der Waals surface area contributed by atoms with Crippen LogP contribution in [0.2, 0.25) is 10.0 Å². The predicted molar refractivity (Wildman–Crippen MR) is 141 cm³/mol. The summed E-state index contributed by atoms with van der Waals surface area (Å²) in [5.74, 6) is 1.34. The van der Waals surface area contributed by atoms with Gasteiger partial charge in [0.1, 0.15) is 11.7 Å². The number of nitrogens with zero attached hydrogens (tertiary/aromatic N) is 3. The van der Waals surface area contributed by atoms with E-state index in [0.717, 1.165) is 28.0 Å². The quantitative estimate of drug-likeness (QED) is 0.232. The van der Waals surface area contributed by atoms with Crippen molar-refractivity contribution in [3.8, 4) is 11.4 Å². The fourth-order valence-corrected chi connectivity index (χ4v) is 3.72. The Morgan fingerprint density at radius 2 is 1.69 bits per heavy atom. The zero-order valence-corrected chi connectivity index (χ0v) is 20.8. The average Bonchev–Trinajstić information content (AvgIpc) is 3.08. The molecule has 0 saturated heterocycles. The van der Waals surface area contributed by atoms with Gasteiger partial charge in [0.25, 0.3) is 0 Å². The highest BCUT2D eigenvalue weighted by Gasteiger charge is 2.15. The normalized spacial score (nSPS) is 11.3. The van der Waals surface area contributed by atoms with Gasteiger partial charge in [-0.25, -0.2) is 4.98 Å². The molecule has 4 aromatic rings. The van der Waals surface area contributed by atoms with Gasteiger partial charge in [0.05, 0.1) is 21.1 Å². The van der Waals surface area contributed by atoms with Crippen LogP contribution in [0.1, 0.15) is 25.0 Å². The highest BCUT2D eigenvalue weighted by molar-refractivity contribution is 6.42. The minimum Gasteiger partial charge on any atom is -0.383 e. The molecule has 1 aromatic heterocycles. The Morgan fingerprint density at radius 3 is 2.34 bits per heavy atom. The van der Waals surface area contributed by atoms with Crippen molar-refractivity contribution in [1.82, 2.24) is 9.55 Å². The van der Waals surface area contributed by atoms with E-state index in [2.05, 4.69) is 21.7 Å². The third-order valence-electron chi connectivity index (χ3n) is 4.80. The summed E-state index contributed by atoms with van der Waals surface area (Å²) in [6.07, 6.45) is 0. The summed E-state index contributed by atoms with van der Waals surface area (Å²) in [5, 5.41) is 1.02. The van der Waals surface area contributed by atoms with Gasteiger partial charge in [0.15, 0.2) is 0 Å². The fourth-order valence-electron chi connectivity index (χ4n) is 3.42. The van der Waals surface area contributed by atoms with Crippen LogP contribution in [0.3, 0.4) is 0 Å². The molecule has 168 valence electrons. The SMILES string of the molecule is CC(C)N=C(N)c1ccc2c(c1)nc(-c1ccc(Cl)c(Cl)c1)n2Cc1ccccc1.Cl.Cl. The van der Waals surface area contributed by atoms with E-state index in [1.165, 1.54) is 5.56 Å². The number of aliphatic imine (C=N–C) groups is 1. The summed E-state index contributed by atoms with van der Waals surface area (Å²) in [6.45, 7) is 4.69. The summed E-state index contributed by atoms with van der Waals surface area (Å²) in [6, 6.07) is 22.0. The molecule has 0 bridgehead atoms. The van der Waals surface area contributed by atoms with Gasteiger partial charge in [-0.2, -0.15) is 0 Å². The molecule has 4 nitrogen and oxygen atoms in total. The lowest BCUT2D eigenvalue weighted by Gasteiger charge is -2.11. The van der Waals surface area contributed by atoms with Gasteiger partial charge < -0.3 is 10.3 Å². The van der Waals surface area contributed by atoms with Gasteiger partial charge in [0, 0.05) is 23.7 Å². The molecule has 0 fully saturated rings. The van der Waals surface area contributed by atoms with E-state index in [0.29, 0.717) is 22.4 Å². The number of nitrogens with two attached hydrogens (primary N) is 1. The summed E-state index contributed by atoms with van der Waals surface area (Å²) in [7, 11) is 0. The number of rotatable bonds is 5. The number of fused-ring (bicyclic) bond motifs is 1. The van der Waals surface area contributed by atoms with Gasteiger partial charge in [-0.05, 0) is 55.8 Å². The van der Waals surface area contributed by atoms with Crippen molar-refractivity contribution in [1.29, 1.82) is 0 Å². The van der Waals surface area contributed by atoms with E-state index >= 15 is 0 Å². The van der Waals surface area contributed by atoms with Crippen LogP contribution in [0.4, 0.5) is 0 Å². The Morgan fingerprint density at radius 1 is 0.969 bits per heavy atom. The van der Waals surface area contributed by atoms with Crippen molar-refractivity contribution < 1.29 is 0 Å². The van der Waals surface area contributed by atoms with Crippen LogP contribution in [0.15, 0.2) is 71.7 Å². The minimum absolute atomic E-state index is 0. The van der Waals surface area contributed by atoms with Gasteiger partial charge in [-0.1, -0.05) is 53.5 Å². The van der Waals surface area contributed by atoms with Crippen LogP contribution in [0, 0.1) is 0 Å². The predicted octanol–water partition coefficient (Wildman–Crippen LogP) is 7.02. The largest absolute Gasteiger partial charge is 0.383 e. The molecule has 0 saturated carbocycles. The first-order valence-electron chi connectivity index (χ1n) is 9.75. The van der Waals surface area contributed by atoms with E-state index in [4.69, 9.17) is 33.9 Å². The smallest absolute Gasteiger partial charge is 0.141 e. The van der Waals surface area contributed by atoms with Gasteiger partial charge >= 0.3 is 0 Å². The van der Waals surface area contributed by atoms with Crippen molar-refractivity contribution >= 4 is 64.9 Å². The molecule has 4 rings (SSSR count). The van der Waals surface area contributed by atoms with E-state index < -0.39 is 0 Å². The van der Waals surface area contributed by atoms with Crippen LogP contribution in [0.25, 0.3) is 22.4 Å². The second-order valence-electron chi connectivity index (χ2n) is 7.45. The standard InChI is InChI=1S/C24H22Cl2N4.2ClH/c1-15(2)28-23(27)17-9-11-22-21(13-17)29-24(18-8-10-19(25)20(26)12-18)30(22)14-16-6-4-3-5-7-16;;/h3-13,15H,14H2,1-2H3,(H2,27,28);2*1H. The molecule has 32 heavy (non-hydrogen) atoms. The van der Waals surface area contributed by atoms with Crippen LogP contribution in [-0.4, -0.2) is 21.4 Å². The van der Waals surface area contributed by atoms with E-state index in [9.17, 15) is 0 Å². The van der Waals surface area contributed by atoms with Crippen molar-refractivity contribution in [3.05, 3.63) is 87.9 Å². The number of amidine groups is 1. The maximum atomic E-state index is 6.29. The van der Waals surface area contributed by atoms with E-state index in [-0.39, 0.29) is 30.9 Å². The lowest BCUT2D eigenvalue weighted by molar-refractivity contribution is 0.833. The molecule has 1 heterocycles. The zero-order chi connectivity index (χ0) is 21.3. The fraction of sp³-hybridized carbons (Fsp3) is 0.167. The maximum absolute atomic E-state index is 6.29. The molecule has 2 N–H and O–H groups in total. The lowest BCUT2D eigenvalue weighted by Crippen LogP contribution is -2.15. The Hall–Kier alpha value is -2.24. The molecular formula is C24H24Cl4N4. The molecule has 0 aliphatic rings. The van der Waals surface area contributed by atoms with Crippen molar-refractivity contribution in [2.24, 2.45) is 10.7 Å². The van der Waals surface area contributed by atoms with Crippen LogP contribution >= 0.6 is 48.0 Å². The summed E-state index contributed by atoms with van der Waals surface area (Å²) in [5.41, 5.74) is 11.0. The molecule has 8 heteroatoms. The maximum Gasteiger partial charge on any atom is 0.141 e. The second-order valence-corrected chi connectivity index (χ2v) is 8.26. The van der Waals surface area contributed by atoms with Crippen molar-refractivity contribution in [2.75, 3.05) is 0 Å². The number of hydrogen-bond acceptors (Lipinski definition) is 2. The zero-order valence-electron chi connectivity index (χ0n) is 17.6. The van der Waals surface area contributed by atoms with Crippen LogP contribution in [-0.2, 0) is 6.54 Å². The third kappa shape index (κ3) is 5.57. The second kappa shape index (κ2) is 11.1. The first-order chi connectivity index (χ1) is 14.4. The third-order valence-corrected chi connectivity index (χ3v) is 5.54. The molecule has 0 aliphatic heterocycles. The monoisotopic (exact) mass is 508 g/mol. The Labute approximate surface area is 210 Å². The van der Waals surface area contributed by atoms with Crippen LogP contribution in [0.5, 0.6) is 0 Å². The topological polar surface area (TPSA) is 56.2 Å². The molecule has 0 spiro atoms. The highest BCUT2D eigenvalue weighted by atomic mass is 35.5. The number of halogens is 4. The Kier molecular flexibility index (Phi) is 8.99. The summed E-state index contributed by atoms with van der Waals surface area (Å²) in [4.78, 5) is 9.38. The number of aromatic nitrogens is 2. The van der Waals surface area contributed by atoms with Crippen molar-refractivity contribution in [3.63, 3.8) is 0 Å². The van der Waals surface area contributed by atoms with E-state index in [1.54, 1.807) is 6.07 Å². The summed E-state index contributed by atoms with van der Waals surface area (Å²) < 4.78 is 2.18. The highest BCUT2D eigenvalue weighted by Crippen LogP contribution is 2.31. The number of imidazole rings is 1. The van der Waals surface area contributed by atoms with Crippen LogP contribution < -0.4 is 5.73 Å². The van der Waals surface area contributed by atoms with E-state index in [1.807, 2.05) is 62.4 Å². The molecule has 3 aromatic carbocycles. The van der Waals surface area contributed by atoms with Gasteiger partial charge in [-0.15, -0.1) is 24.8 Å². The summed E-state index contributed by atoms with van der Waals surface area (Å²) >= 11 is 12.4. The lowest BCUT2D eigenvalue weighted by atomic mass is 10.1. The number of hydrogen-bond donors (Lipinski definition) is 1.